The molecule has 1 aliphatic rings. The van der Waals surface area contributed by atoms with Crippen molar-refractivity contribution in [2.45, 2.75) is 12.0 Å². The minimum atomic E-state index is -3.48. The lowest BCUT2D eigenvalue weighted by Gasteiger charge is -2.23. The Morgan fingerprint density at radius 2 is 1.92 bits per heavy atom. The predicted molar refractivity (Wildman–Crippen MR) is 90.7 cm³/mol. The standard InChI is InChI=1S/C17H13Cl2F3N2O/c18-9-3-1-4-10(7-9)24-16(25)14-12(8-23-17(14,21)22)11-5-2-6-13(19)15(11)20/h1-7,12,14,23H,8H2,(H,24,25). The lowest BCUT2D eigenvalue weighted by Crippen LogP contribution is -2.42. The van der Waals surface area contributed by atoms with Gasteiger partial charge in [-0.2, -0.15) is 8.78 Å². The zero-order valence-corrected chi connectivity index (χ0v) is 14.2. The van der Waals surface area contributed by atoms with Gasteiger partial charge in [0.05, 0.1) is 5.02 Å². The number of hydrogen-bond donors (Lipinski definition) is 2. The molecular weight excluding hydrogens is 376 g/mol. The number of carbonyl (C=O) groups is 1. The number of carbonyl (C=O) groups excluding carboxylic acids is 1. The van der Waals surface area contributed by atoms with Gasteiger partial charge in [-0.1, -0.05) is 41.4 Å². The van der Waals surface area contributed by atoms with Crippen LogP contribution in [0, 0.1) is 11.7 Å². The first-order chi connectivity index (χ1) is 11.8. The van der Waals surface area contributed by atoms with E-state index in [0.717, 1.165) is 0 Å². The molecule has 1 saturated heterocycles. The number of hydrogen-bond acceptors (Lipinski definition) is 2. The summed E-state index contributed by atoms with van der Waals surface area (Å²) in [6.07, 6.45) is 0. The van der Waals surface area contributed by atoms with Gasteiger partial charge in [0, 0.05) is 23.2 Å². The molecule has 0 aromatic heterocycles. The number of halogens is 5. The van der Waals surface area contributed by atoms with Crippen LogP contribution < -0.4 is 10.6 Å². The lowest BCUT2D eigenvalue weighted by molar-refractivity contribution is -0.134. The van der Waals surface area contributed by atoms with Crippen LogP contribution in [0.1, 0.15) is 11.5 Å². The van der Waals surface area contributed by atoms with Gasteiger partial charge < -0.3 is 5.32 Å². The number of benzene rings is 2. The highest BCUT2D eigenvalue weighted by Crippen LogP contribution is 2.42. The third-order valence-electron chi connectivity index (χ3n) is 4.11. The number of rotatable bonds is 3. The molecule has 2 aromatic rings. The van der Waals surface area contributed by atoms with Gasteiger partial charge in [0.25, 0.3) is 0 Å². The Balaban J connectivity index is 1.92. The second kappa shape index (κ2) is 6.86. The summed E-state index contributed by atoms with van der Waals surface area (Å²) in [6, 6.07) is 6.79. The van der Waals surface area contributed by atoms with E-state index >= 15 is 0 Å². The van der Waals surface area contributed by atoms with Crippen molar-refractivity contribution in [3.8, 4) is 0 Å². The fraction of sp³-hybridized carbons (Fsp3) is 0.235. The average Bonchev–Trinajstić information content (AvgIpc) is 2.85. The third kappa shape index (κ3) is 3.61. The van der Waals surface area contributed by atoms with E-state index in [1.165, 1.54) is 30.3 Å². The molecule has 0 radical (unpaired) electrons. The molecule has 25 heavy (non-hydrogen) atoms. The molecule has 2 atom stereocenters. The van der Waals surface area contributed by atoms with E-state index in [0.29, 0.717) is 5.02 Å². The van der Waals surface area contributed by atoms with Crippen molar-refractivity contribution in [2.75, 3.05) is 11.9 Å². The topological polar surface area (TPSA) is 41.1 Å². The van der Waals surface area contributed by atoms with E-state index in [4.69, 9.17) is 23.2 Å². The molecule has 2 unspecified atom stereocenters. The Hall–Kier alpha value is -1.76. The molecule has 132 valence electrons. The van der Waals surface area contributed by atoms with Crippen LogP contribution in [0.5, 0.6) is 0 Å². The smallest absolute Gasteiger partial charge is 0.314 e. The first kappa shape index (κ1) is 18.0. The zero-order valence-electron chi connectivity index (χ0n) is 12.7. The molecular formula is C17H13Cl2F3N2O. The number of anilines is 1. The maximum absolute atomic E-state index is 14.3. The Kier molecular flexibility index (Phi) is 4.95. The number of nitrogens with one attached hydrogen (secondary N) is 2. The highest BCUT2D eigenvalue weighted by atomic mass is 35.5. The van der Waals surface area contributed by atoms with Crippen LogP contribution in [-0.2, 0) is 4.79 Å². The molecule has 0 spiro atoms. The van der Waals surface area contributed by atoms with Crippen LogP contribution in [0.15, 0.2) is 42.5 Å². The van der Waals surface area contributed by atoms with Gasteiger partial charge in [-0.3, -0.25) is 10.1 Å². The summed E-state index contributed by atoms with van der Waals surface area (Å²) < 4.78 is 42.8. The van der Waals surface area contributed by atoms with Crippen LogP contribution in [0.4, 0.5) is 18.9 Å². The first-order valence-corrected chi connectivity index (χ1v) is 8.18. The summed E-state index contributed by atoms with van der Waals surface area (Å²) in [5.41, 5.74) is 0.258. The van der Waals surface area contributed by atoms with Crippen LogP contribution in [0.2, 0.25) is 10.0 Å². The maximum atomic E-state index is 14.3. The monoisotopic (exact) mass is 388 g/mol. The SMILES string of the molecule is O=C(Nc1cccc(Cl)c1)C1C(c2cccc(Cl)c2F)CNC1(F)F. The van der Waals surface area contributed by atoms with Gasteiger partial charge in [0.15, 0.2) is 0 Å². The third-order valence-corrected chi connectivity index (χ3v) is 4.63. The van der Waals surface area contributed by atoms with Crippen molar-refractivity contribution in [1.29, 1.82) is 0 Å². The van der Waals surface area contributed by atoms with E-state index in [2.05, 4.69) is 5.32 Å². The van der Waals surface area contributed by atoms with Crippen LogP contribution in [0.25, 0.3) is 0 Å². The fourth-order valence-corrected chi connectivity index (χ4v) is 3.33. The van der Waals surface area contributed by atoms with Gasteiger partial charge in [-0.15, -0.1) is 0 Å². The normalized spacial score (nSPS) is 22.0. The number of amides is 1. The van der Waals surface area contributed by atoms with Crippen molar-refractivity contribution < 1.29 is 18.0 Å². The molecule has 0 bridgehead atoms. The van der Waals surface area contributed by atoms with Gasteiger partial charge in [-0.25, -0.2) is 4.39 Å². The molecule has 1 fully saturated rings. The van der Waals surface area contributed by atoms with Gasteiger partial charge in [0.2, 0.25) is 5.91 Å². The quantitative estimate of drug-likeness (QED) is 0.750. The first-order valence-electron chi connectivity index (χ1n) is 7.43. The van der Waals surface area contributed by atoms with Gasteiger partial charge in [0.1, 0.15) is 11.7 Å². The second-order valence-electron chi connectivity index (χ2n) is 5.73. The van der Waals surface area contributed by atoms with Gasteiger partial charge >= 0.3 is 6.05 Å². The zero-order chi connectivity index (χ0) is 18.2. The Bertz CT molecular complexity index is 816. The molecule has 0 aliphatic carbocycles. The summed E-state index contributed by atoms with van der Waals surface area (Å²) >= 11 is 11.6. The lowest BCUT2D eigenvalue weighted by atomic mass is 9.86. The van der Waals surface area contributed by atoms with Crippen molar-refractivity contribution in [1.82, 2.24) is 5.32 Å². The highest BCUT2D eigenvalue weighted by Gasteiger charge is 2.55. The molecule has 1 aliphatic heterocycles. The molecule has 0 saturated carbocycles. The fourth-order valence-electron chi connectivity index (χ4n) is 2.96. The molecule has 8 heteroatoms. The summed E-state index contributed by atoms with van der Waals surface area (Å²) in [7, 11) is 0. The average molecular weight is 389 g/mol. The second-order valence-corrected chi connectivity index (χ2v) is 6.57. The molecule has 1 amide bonds. The van der Waals surface area contributed by atoms with Gasteiger partial charge in [-0.05, 0) is 29.8 Å². The largest absolute Gasteiger partial charge is 0.326 e. The summed E-state index contributed by atoms with van der Waals surface area (Å²) in [5, 5.41) is 4.58. The minimum Gasteiger partial charge on any atom is -0.326 e. The molecule has 3 rings (SSSR count). The molecule has 2 N–H and O–H groups in total. The molecule has 1 heterocycles. The summed E-state index contributed by atoms with van der Waals surface area (Å²) in [6.45, 7) is -0.252. The highest BCUT2D eigenvalue weighted by molar-refractivity contribution is 6.31. The van der Waals surface area contributed by atoms with E-state index < -0.39 is 29.6 Å². The van der Waals surface area contributed by atoms with Crippen molar-refractivity contribution >= 4 is 34.8 Å². The van der Waals surface area contributed by atoms with E-state index in [1.807, 2.05) is 5.32 Å². The van der Waals surface area contributed by atoms with E-state index in [1.54, 1.807) is 12.1 Å². The van der Waals surface area contributed by atoms with Crippen molar-refractivity contribution in [2.24, 2.45) is 5.92 Å². The maximum Gasteiger partial charge on any atom is 0.314 e. The molecule has 3 nitrogen and oxygen atoms in total. The van der Waals surface area contributed by atoms with Crippen LogP contribution in [-0.4, -0.2) is 18.5 Å². The van der Waals surface area contributed by atoms with Crippen LogP contribution in [0.3, 0.4) is 0 Å². The predicted octanol–water partition coefficient (Wildman–Crippen LogP) is 4.67. The number of alkyl halides is 2. The Labute approximate surface area is 152 Å². The van der Waals surface area contributed by atoms with E-state index in [9.17, 15) is 18.0 Å². The Morgan fingerprint density at radius 3 is 2.64 bits per heavy atom. The molecule has 2 aromatic carbocycles. The summed E-state index contributed by atoms with van der Waals surface area (Å²) in [5.74, 6) is -4.58. The Morgan fingerprint density at radius 1 is 1.20 bits per heavy atom. The minimum absolute atomic E-state index is 0.0246. The van der Waals surface area contributed by atoms with E-state index in [-0.39, 0.29) is 22.8 Å². The van der Waals surface area contributed by atoms with Crippen molar-refractivity contribution in [3.05, 3.63) is 63.9 Å². The summed E-state index contributed by atoms with van der Waals surface area (Å²) in [4.78, 5) is 12.5. The van der Waals surface area contributed by atoms with Crippen molar-refractivity contribution in [3.63, 3.8) is 0 Å². The van der Waals surface area contributed by atoms with Crippen LogP contribution >= 0.6 is 23.2 Å².